The van der Waals surface area contributed by atoms with Crippen LogP contribution in [0.25, 0.3) is 0 Å². The van der Waals surface area contributed by atoms with Gasteiger partial charge < -0.3 is 9.73 Å². The van der Waals surface area contributed by atoms with Crippen molar-refractivity contribution in [3.05, 3.63) is 11.8 Å². The lowest BCUT2D eigenvalue weighted by Crippen LogP contribution is -2.15. The van der Waals surface area contributed by atoms with Crippen LogP contribution < -0.4 is 5.32 Å². The number of hydrogen-bond donors (Lipinski definition) is 1. The highest BCUT2D eigenvalue weighted by Gasteiger charge is 2.14. The van der Waals surface area contributed by atoms with Gasteiger partial charge in [0.25, 0.3) is 0 Å². The molecule has 0 saturated heterocycles. The smallest absolute Gasteiger partial charge is 0.233 e. The molecule has 0 bridgehead atoms. The lowest BCUT2D eigenvalue weighted by atomic mass is 10.1. The third kappa shape index (κ3) is 3.63. The Hall–Kier alpha value is -0.900. The van der Waals surface area contributed by atoms with E-state index in [4.69, 9.17) is 4.42 Å². The van der Waals surface area contributed by atoms with E-state index in [2.05, 4.69) is 36.3 Å². The average Bonchev–Trinajstić information content (AvgIpc) is 2.65. The molecule has 0 aliphatic heterocycles. The zero-order chi connectivity index (χ0) is 11.3. The van der Waals surface area contributed by atoms with E-state index in [0.29, 0.717) is 11.8 Å². The number of nitrogens with zero attached hydrogens (tertiary/aromatic N) is 2. The highest BCUT2D eigenvalue weighted by Crippen LogP contribution is 2.15. The van der Waals surface area contributed by atoms with Crippen molar-refractivity contribution >= 4 is 0 Å². The Kier molecular flexibility index (Phi) is 4.75. The molecular formula is C11H21N3O. The van der Waals surface area contributed by atoms with E-state index in [-0.39, 0.29) is 6.04 Å². The van der Waals surface area contributed by atoms with Crippen LogP contribution in [0.5, 0.6) is 0 Å². The average molecular weight is 211 g/mol. The standard InChI is InChI=1S/C11H21N3O/c1-5-9(12-4)11-14-13-10(15-11)7-6-8(2)3/h8-9,12H,5-7H2,1-4H3. The minimum absolute atomic E-state index is 0.185. The molecule has 15 heavy (non-hydrogen) atoms. The van der Waals surface area contributed by atoms with Crippen LogP contribution in [-0.4, -0.2) is 17.2 Å². The summed E-state index contributed by atoms with van der Waals surface area (Å²) in [5, 5.41) is 11.3. The van der Waals surface area contributed by atoms with Gasteiger partial charge in [0.05, 0.1) is 6.04 Å². The summed E-state index contributed by atoms with van der Waals surface area (Å²) in [5.74, 6) is 2.14. The second-order valence-electron chi connectivity index (χ2n) is 4.22. The first-order chi connectivity index (χ1) is 7.17. The number of aryl methyl sites for hydroxylation is 1. The Morgan fingerprint density at radius 2 is 2.07 bits per heavy atom. The molecule has 1 atom stereocenters. The van der Waals surface area contributed by atoms with Crippen molar-refractivity contribution in [3.63, 3.8) is 0 Å². The van der Waals surface area contributed by atoms with Crippen LogP contribution >= 0.6 is 0 Å². The molecule has 0 radical (unpaired) electrons. The molecule has 0 fully saturated rings. The fourth-order valence-electron chi connectivity index (χ4n) is 1.42. The van der Waals surface area contributed by atoms with Crippen molar-refractivity contribution < 1.29 is 4.42 Å². The molecule has 1 rings (SSSR count). The van der Waals surface area contributed by atoms with Crippen molar-refractivity contribution in [2.45, 2.75) is 46.1 Å². The molecule has 0 aliphatic rings. The maximum Gasteiger partial charge on any atom is 0.233 e. The van der Waals surface area contributed by atoms with Gasteiger partial charge in [-0.05, 0) is 25.8 Å². The summed E-state index contributed by atoms with van der Waals surface area (Å²) >= 11 is 0. The largest absolute Gasteiger partial charge is 0.424 e. The van der Waals surface area contributed by atoms with Gasteiger partial charge in [-0.1, -0.05) is 20.8 Å². The van der Waals surface area contributed by atoms with Gasteiger partial charge in [-0.2, -0.15) is 0 Å². The van der Waals surface area contributed by atoms with Gasteiger partial charge in [0.2, 0.25) is 11.8 Å². The van der Waals surface area contributed by atoms with Crippen molar-refractivity contribution in [1.29, 1.82) is 0 Å². The summed E-state index contributed by atoms with van der Waals surface area (Å²) in [7, 11) is 1.91. The third-order valence-corrected chi connectivity index (χ3v) is 2.47. The molecular weight excluding hydrogens is 190 g/mol. The Bertz CT molecular complexity index is 279. The molecule has 4 nitrogen and oxygen atoms in total. The number of aromatic nitrogens is 2. The van der Waals surface area contributed by atoms with Crippen LogP contribution in [0.4, 0.5) is 0 Å². The Labute approximate surface area is 91.5 Å². The molecule has 0 amide bonds. The number of nitrogens with one attached hydrogen (secondary N) is 1. The summed E-state index contributed by atoms with van der Waals surface area (Å²) in [5.41, 5.74) is 0. The predicted molar refractivity (Wildman–Crippen MR) is 59.5 cm³/mol. The Balaban J connectivity index is 2.55. The van der Waals surface area contributed by atoms with E-state index in [9.17, 15) is 0 Å². The summed E-state index contributed by atoms with van der Waals surface area (Å²) in [4.78, 5) is 0. The highest BCUT2D eigenvalue weighted by molar-refractivity contribution is 4.89. The van der Waals surface area contributed by atoms with Gasteiger partial charge in [0, 0.05) is 6.42 Å². The van der Waals surface area contributed by atoms with Crippen LogP contribution in [-0.2, 0) is 6.42 Å². The van der Waals surface area contributed by atoms with E-state index in [1.807, 2.05) is 7.05 Å². The van der Waals surface area contributed by atoms with E-state index in [0.717, 1.165) is 25.2 Å². The molecule has 1 heterocycles. The zero-order valence-electron chi connectivity index (χ0n) is 10.1. The van der Waals surface area contributed by atoms with Crippen molar-refractivity contribution in [3.8, 4) is 0 Å². The van der Waals surface area contributed by atoms with Crippen molar-refractivity contribution in [2.75, 3.05) is 7.05 Å². The summed E-state index contributed by atoms with van der Waals surface area (Å²) in [6, 6.07) is 0.185. The molecule has 1 N–H and O–H groups in total. The van der Waals surface area contributed by atoms with Gasteiger partial charge in [-0.3, -0.25) is 0 Å². The maximum absolute atomic E-state index is 5.59. The first kappa shape index (κ1) is 12.2. The van der Waals surface area contributed by atoms with Crippen LogP contribution in [0, 0.1) is 5.92 Å². The van der Waals surface area contributed by atoms with E-state index in [1.165, 1.54) is 0 Å². The maximum atomic E-state index is 5.59. The van der Waals surface area contributed by atoms with Crippen LogP contribution in [0.3, 0.4) is 0 Å². The summed E-state index contributed by atoms with van der Waals surface area (Å²) in [6.07, 6.45) is 2.94. The minimum Gasteiger partial charge on any atom is -0.424 e. The number of rotatable bonds is 6. The molecule has 0 spiro atoms. The van der Waals surface area contributed by atoms with Gasteiger partial charge in [-0.15, -0.1) is 10.2 Å². The van der Waals surface area contributed by atoms with Crippen LogP contribution in [0.15, 0.2) is 4.42 Å². The van der Waals surface area contributed by atoms with Crippen molar-refractivity contribution in [2.24, 2.45) is 5.92 Å². The highest BCUT2D eigenvalue weighted by atomic mass is 16.4. The molecule has 0 aliphatic carbocycles. The fourth-order valence-corrected chi connectivity index (χ4v) is 1.42. The summed E-state index contributed by atoms with van der Waals surface area (Å²) in [6.45, 7) is 6.48. The van der Waals surface area contributed by atoms with Gasteiger partial charge in [0.15, 0.2) is 0 Å². The second kappa shape index (κ2) is 5.85. The first-order valence-corrected chi connectivity index (χ1v) is 5.66. The van der Waals surface area contributed by atoms with Crippen molar-refractivity contribution in [1.82, 2.24) is 15.5 Å². The van der Waals surface area contributed by atoms with E-state index < -0.39 is 0 Å². The lowest BCUT2D eigenvalue weighted by molar-refractivity contribution is 0.378. The zero-order valence-corrected chi connectivity index (χ0v) is 10.1. The first-order valence-electron chi connectivity index (χ1n) is 5.66. The van der Waals surface area contributed by atoms with E-state index >= 15 is 0 Å². The summed E-state index contributed by atoms with van der Waals surface area (Å²) < 4.78 is 5.59. The van der Waals surface area contributed by atoms with Gasteiger partial charge in [0.1, 0.15) is 0 Å². The molecule has 4 heteroatoms. The van der Waals surface area contributed by atoms with Crippen LogP contribution in [0.1, 0.15) is 51.4 Å². The van der Waals surface area contributed by atoms with Gasteiger partial charge >= 0.3 is 0 Å². The second-order valence-corrected chi connectivity index (χ2v) is 4.22. The van der Waals surface area contributed by atoms with Crippen LogP contribution in [0.2, 0.25) is 0 Å². The Morgan fingerprint density at radius 1 is 1.33 bits per heavy atom. The molecule has 1 aromatic heterocycles. The topological polar surface area (TPSA) is 51.0 Å². The molecule has 1 aromatic rings. The molecule has 1 unspecified atom stereocenters. The predicted octanol–water partition coefficient (Wildman–Crippen LogP) is 2.33. The van der Waals surface area contributed by atoms with Gasteiger partial charge in [-0.25, -0.2) is 0 Å². The molecule has 0 aromatic carbocycles. The monoisotopic (exact) mass is 211 g/mol. The molecule has 0 saturated carbocycles. The van der Waals surface area contributed by atoms with E-state index in [1.54, 1.807) is 0 Å². The lowest BCUT2D eigenvalue weighted by Gasteiger charge is -2.07. The normalized spacial score (nSPS) is 13.4. The SMILES string of the molecule is CCC(NC)c1nnc(CCC(C)C)o1. The number of hydrogen-bond acceptors (Lipinski definition) is 4. The third-order valence-electron chi connectivity index (χ3n) is 2.47. The quantitative estimate of drug-likeness (QED) is 0.784. The fraction of sp³-hybridized carbons (Fsp3) is 0.818. The Morgan fingerprint density at radius 3 is 2.60 bits per heavy atom. The molecule has 86 valence electrons. The minimum atomic E-state index is 0.185.